The van der Waals surface area contributed by atoms with Crippen molar-refractivity contribution in [1.29, 1.82) is 0 Å². The highest BCUT2D eigenvalue weighted by Crippen LogP contribution is 2.32. The number of nitrogens with two attached hydrogens (primary N) is 1. The summed E-state index contributed by atoms with van der Waals surface area (Å²) in [5.41, 5.74) is 2.50. The van der Waals surface area contributed by atoms with Crippen LogP contribution in [0.2, 0.25) is 0 Å². The Morgan fingerprint density at radius 3 is 2.79 bits per heavy atom. The number of aryl methyl sites for hydroxylation is 1. The van der Waals surface area contributed by atoms with Crippen LogP contribution in [0.4, 0.5) is 11.8 Å². The Hall–Kier alpha value is -1.44. The topological polar surface area (TPSA) is 87.3 Å². The minimum Gasteiger partial charge on any atom is -0.395 e. The number of hydrazine groups is 1. The van der Waals surface area contributed by atoms with Crippen molar-refractivity contribution in [3.05, 3.63) is 10.9 Å². The van der Waals surface area contributed by atoms with Crippen LogP contribution in [0.1, 0.15) is 18.7 Å². The lowest BCUT2D eigenvalue weighted by atomic mass is 10.2. The zero-order valence-corrected chi connectivity index (χ0v) is 12.2. The zero-order chi connectivity index (χ0) is 14.0. The predicted molar refractivity (Wildman–Crippen MR) is 79.5 cm³/mol. The molecule has 7 heteroatoms. The van der Waals surface area contributed by atoms with Crippen LogP contribution in [-0.4, -0.2) is 34.3 Å². The van der Waals surface area contributed by atoms with Gasteiger partial charge in [0.2, 0.25) is 5.95 Å². The summed E-state index contributed by atoms with van der Waals surface area (Å²) in [6.07, 6.45) is 0. The van der Waals surface area contributed by atoms with E-state index in [1.165, 1.54) is 4.88 Å². The van der Waals surface area contributed by atoms with Crippen LogP contribution < -0.4 is 16.2 Å². The molecule has 0 aliphatic rings. The average molecular weight is 281 g/mol. The summed E-state index contributed by atoms with van der Waals surface area (Å²) in [4.78, 5) is 12.9. The van der Waals surface area contributed by atoms with Crippen LogP contribution >= 0.6 is 11.3 Å². The van der Waals surface area contributed by atoms with E-state index in [4.69, 9.17) is 5.84 Å². The second kappa shape index (κ2) is 5.68. The summed E-state index contributed by atoms with van der Waals surface area (Å²) < 4.78 is 0. The number of aliphatic hydroxyl groups is 1. The number of nitrogens with zero attached hydrogens (tertiary/aromatic N) is 3. The fourth-order valence-electron chi connectivity index (χ4n) is 2.03. The van der Waals surface area contributed by atoms with E-state index >= 15 is 0 Å². The van der Waals surface area contributed by atoms with Crippen molar-refractivity contribution in [1.82, 2.24) is 9.97 Å². The number of aromatic nitrogens is 2. The second-order valence-electron chi connectivity index (χ2n) is 4.60. The first kappa shape index (κ1) is 14.0. The van der Waals surface area contributed by atoms with Crippen LogP contribution in [0.3, 0.4) is 0 Å². The van der Waals surface area contributed by atoms with E-state index in [2.05, 4.69) is 40.2 Å². The van der Waals surface area contributed by atoms with Crippen molar-refractivity contribution in [3.63, 3.8) is 0 Å². The second-order valence-corrected chi connectivity index (χ2v) is 5.84. The molecule has 0 atom stereocenters. The molecule has 2 aromatic rings. The highest BCUT2D eigenvalue weighted by molar-refractivity contribution is 7.18. The van der Waals surface area contributed by atoms with Crippen molar-refractivity contribution < 1.29 is 5.11 Å². The van der Waals surface area contributed by atoms with Crippen molar-refractivity contribution in [2.75, 3.05) is 23.5 Å². The first-order valence-corrected chi connectivity index (χ1v) is 7.00. The molecule has 0 fully saturated rings. The van der Waals surface area contributed by atoms with Crippen LogP contribution in [0, 0.1) is 6.92 Å². The largest absolute Gasteiger partial charge is 0.395 e. The first-order chi connectivity index (χ1) is 9.06. The van der Waals surface area contributed by atoms with Crippen molar-refractivity contribution in [2.24, 2.45) is 5.84 Å². The summed E-state index contributed by atoms with van der Waals surface area (Å²) in [5.74, 6) is 6.64. The van der Waals surface area contributed by atoms with Gasteiger partial charge in [-0.05, 0) is 26.8 Å². The van der Waals surface area contributed by atoms with Crippen LogP contribution in [0.5, 0.6) is 0 Å². The smallest absolute Gasteiger partial charge is 0.240 e. The van der Waals surface area contributed by atoms with Gasteiger partial charge < -0.3 is 10.0 Å². The van der Waals surface area contributed by atoms with Gasteiger partial charge in [-0.2, -0.15) is 4.98 Å². The molecule has 2 rings (SSSR count). The molecule has 0 saturated carbocycles. The van der Waals surface area contributed by atoms with E-state index in [1.54, 1.807) is 11.3 Å². The highest BCUT2D eigenvalue weighted by atomic mass is 32.1. The van der Waals surface area contributed by atoms with Gasteiger partial charge >= 0.3 is 0 Å². The maximum absolute atomic E-state index is 9.23. The maximum atomic E-state index is 9.23. The van der Waals surface area contributed by atoms with Gasteiger partial charge in [-0.3, -0.25) is 5.43 Å². The van der Waals surface area contributed by atoms with Crippen molar-refractivity contribution in [3.8, 4) is 0 Å². The quantitative estimate of drug-likeness (QED) is 0.568. The monoisotopic (exact) mass is 281 g/mol. The molecule has 0 saturated heterocycles. The van der Waals surface area contributed by atoms with Crippen molar-refractivity contribution in [2.45, 2.75) is 26.8 Å². The lowest BCUT2D eigenvalue weighted by Gasteiger charge is -2.27. The Balaban J connectivity index is 2.61. The Morgan fingerprint density at radius 2 is 2.21 bits per heavy atom. The van der Waals surface area contributed by atoms with Gasteiger partial charge in [0.1, 0.15) is 10.6 Å². The van der Waals surface area contributed by atoms with E-state index in [-0.39, 0.29) is 12.6 Å². The lowest BCUT2D eigenvalue weighted by molar-refractivity contribution is 0.299. The normalized spacial score (nSPS) is 11.3. The average Bonchev–Trinajstić information content (AvgIpc) is 2.74. The molecule has 0 unspecified atom stereocenters. The Morgan fingerprint density at radius 1 is 1.47 bits per heavy atom. The van der Waals surface area contributed by atoms with Gasteiger partial charge in [-0.25, -0.2) is 10.8 Å². The van der Waals surface area contributed by atoms with E-state index in [9.17, 15) is 5.11 Å². The van der Waals surface area contributed by atoms with E-state index in [0.29, 0.717) is 12.5 Å². The molecular formula is C12H19N5OS. The molecule has 0 aliphatic heterocycles. The fourth-order valence-corrected chi connectivity index (χ4v) is 2.90. The van der Waals surface area contributed by atoms with Crippen LogP contribution in [-0.2, 0) is 0 Å². The number of anilines is 2. The molecule has 0 aliphatic carbocycles. The molecular weight excluding hydrogens is 262 g/mol. The molecule has 2 aromatic heterocycles. The zero-order valence-electron chi connectivity index (χ0n) is 11.3. The molecule has 104 valence electrons. The van der Waals surface area contributed by atoms with E-state index in [1.807, 2.05) is 6.92 Å². The summed E-state index contributed by atoms with van der Waals surface area (Å²) in [5, 5.41) is 10.2. The summed E-state index contributed by atoms with van der Waals surface area (Å²) in [6.45, 7) is 6.79. The molecule has 2 heterocycles. The number of hydrogen-bond acceptors (Lipinski definition) is 7. The standard InChI is InChI=1S/C12H19N5OS/c1-7(2)17(4-5-18)10-9-6-8(3)19-11(9)15-12(14-10)16-13/h6-7,18H,4-5,13H2,1-3H3,(H,14,15,16). The highest BCUT2D eigenvalue weighted by Gasteiger charge is 2.18. The molecule has 0 aromatic carbocycles. The SMILES string of the molecule is Cc1cc2c(N(CCO)C(C)C)nc(NN)nc2s1. The number of aliphatic hydroxyl groups excluding tert-OH is 1. The first-order valence-electron chi connectivity index (χ1n) is 6.19. The van der Waals surface area contributed by atoms with Gasteiger partial charge in [-0.1, -0.05) is 0 Å². The number of thiophene rings is 1. The van der Waals surface area contributed by atoms with Gasteiger partial charge in [-0.15, -0.1) is 11.3 Å². The van der Waals surface area contributed by atoms with Crippen LogP contribution in [0.15, 0.2) is 6.07 Å². The molecule has 0 radical (unpaired) electrons. The lowest BCUT2D eigenvalue weighted by Crippen LogP contribution is -2.34. The molecule has 19 heavy (non-hydrogen) atoms. The van der Waals surface area contributed by atoms with Crippen molar-refractivity contribution >= 4 is 33.3 Å². The number of hydrogen-bond donors (Lipinski definition) is 3. The number of fused-ring (bicyclic) bond motifs is 1. The minimum absolute atomic E-state index is 0.0815. The molecule has 0 spiro atoms. The van der Waals surface area contributed by atoms with Gasteiger partial charge in [0.25, 0.3) is 0 Å². The third-order valence-electron chi connectivity index (χ3n) is 2.86. The van der Waals surface area contributed by atoms with Gasteiger partial charge in [0, 0.05) is 17.5 Å². The summed E-state index contributed by atoms with van der Waals surface area (Å²) >= 11 is 1.61. The molecule has 0 bridgehead atoms. The van der Waals surface area contributed by atoms with Gasteiger partial charge in [0.05, 0.1) is 12.0 Å². The predicted octanol–water partition coefficient (Wildman–Crippen LogP) is 1.49. The number of rotatable bonds is 5. The Kier molecular flexibility index (Phi) is 4.18. The van der Waals surface area contributed by atoms with E-state index < -0.39 is 0 Å². The fraction of sp³-hybridized carbons (Fsp3) is 0.500. The number of nitrogen functional groups attached to an aromatic ring is 1. The summed E-state index contributed by atoms with van der Waals surface area (Å²) in [6, 6.07) is 2.30. The minimum atomic E-state index is 0.0815. The maximum Gasteiger partial charge on any atom is 0.240 e. The molecule has 6 nitrogen and oxygen atoms in total. The molecule has 0 amide bonds. The third kappa shape index (κ3) is 2.78. The number of nitrogens with one attached hydrogen (secondary N) is 1. The molecule has 4 N–H and O–H groups in total. The Labute approximate surface area is 116 Å². The third-order valence-corrected chi connectivity index (χ3v) is 3.81. The van der Waals surface area contributed by atoms with E-state index in [0.717, 1.165) is 16.0 Å². The van der Waals surface area contributed by atoms with Crippen LogP contribution in [0.25, 0.3) is 10.2 Å². The van der Waals surface area contributed by atoms with Gasteiger partial charge in [0.15, 0.2) is 0 Å². The summed E-state index contributed by atoms with van der Waals surface area (Å²) in [7, 11) is 0. The Bertz CT molecular complexity index is 568.